The summed E-state index contributed by atoms with van der Waals surface area (Å²) in [6.45, 7) is 3.97. The fraction of sp³-hybridized carbons (Fsp3) is 0.417. The summed E-state index contributed by atoms with van der Waals surface area (Å²) in [5.74, 6) is -0.0559. The number of carbonyl (C=O) groups is 1. The van der Waals surface area contributed by atoms with Gasteiger partial charge in [-0.2, -0.15) is 0 Å². The molecule has 0 fully saturated rings. The minimum atomic E-state index is -0.497. The van der Waals surface area contributed by atoms with Crippen LogP contribution >= 0.6 is 0 Å². The largest absolute Gasteiger partial charge is 0.392 e. The highest BCUT2D eigenvalue weighted by Gasteiger charge is 2.12. The third kappa shape index (κ3) is 3.36. The second-order valence-electron chi connectivity index (χ2n) is 3.90. The van der Waals surface area contributed by atoms with E-state index in [2.05, 4.69) is 0 Å². The van der Waals surface area contributed by atoms with Gasteiger partial charge < -0.3 is 10.0 Å². The average Bonchev–Trinajstić information content (AvgIpc) is 2.15. The number of rotatable bonds is 3. The molecule has 0 radical (unpaired) electrons. The van der Waals surface area contributed by atoms with Crippen LogP contribution in [0.4, 0.5) is 0 Å². The van der Waals surface area contributed by atoms with Crippen LogP contribution in [0.3, 0.4) is 0 Å². The molecular weight excluding hydrogens is 190 g/mol. The van der Waals surface area contributed by atoms with Gasteiger partial charge in [0.15, 0.2) is 0 Å². The summed E-state index contributed by atoms with van der Waals surface area (Å²) in [6.07, 6.45) is -0.497. The molecule has 1 atom stereocenters. The van der Waals surface area contributed by atoms with Crippen LogP contribution < -0.4 is 0 Å². The van der Waals surface area contributed by atoms with Gasteiger partial charge in [0.1, 0.15) is 0 Å². The molecule has 1 aromatic carbocycles. The van der Waals surface area contributed by atoms with E-state index < -0.39 is 6.10 Å². The van der Waals surface area contributed by atoms with E-state index in [-0.39, 0.29) is 5.91 Å². The van der Waals surface area contributed by atoms with E-state index in [0.29, 0.717) is 12.1 Å². The summed E-state index contributed by atoms with van der Waals surface area (Å²) in [7, 11) is 1.69. The predicted octanol–water partition coefficient (Wildman–Crippen LogP) is 1.45. The lowest BCUT2D eigenvalue weighted by Gasteiger charge is -2.18. The first-order valence-corrected chi connectivity index (χ1v) is 5.01. The fourth-order valence-electron chi connectivity index (χ4n) is 1.48. The van der Waals surface area contributed by atoms with Gasteiger partial charge in [-0.25, -0.2) is 0 Å². The van der Waals surface area contributed by atoms with Crippen molar-refractivity contribution in [1.29, 1.82) is 0 Å². The van der Waals surface area contributed by atoms with E-state index in [1.54, 1.807) is 20.0 Å². The molecule has 0 aliphatic carbocycles. The van der Waals surface area contributed by atoms with Crippen LogP contribution in [-0.2, 0) is 0 Å². The maximum Gasteiger partial charge on any atom is 0.253 e. The van der Waals surface area contributed by atoms with Crippen LogP contribution in [0.1, 0.15) is 22.8 Å². The van der Waals surface area contributed by atoms with Crippen molar-refractivity contribution < 1.29 is 9.90 Å². The first-order chi connectivity index (χ1) is 7.00. The molecule has 1 rings (SSSR count). The Bertz CT molecular complexity index is 347. The highest BCUT2D eigenvalue weighted by Crippen LogP contribution is 2.07. The zero-order valence-electron chi connectivity index (χ0n) is 9.40. The van der Waals surface area contributed by atoms with Crippen molar-refractivity contribution in [2.24, 2.45) is 0 Å². The van der Waals surface area contributed by atoms with E-state index in [1.165, 1.54) is 4.90 Å². The Hall–Kier alpha value is -1.35. The molecule has 3 nitrogen and oxygen atoms in total. The first kappa shape index (κ1) is 11.7. The molecule has 1 aromatic rings. The quantitative estimate of drug-likeness (QED) is 0.815. The number of likely N-dealkylation sites (N-methyl/N-ethyl adjacent to an activating group) is 1. The van der Waals surface area contributed by atoms with E-state index in [4.69, 9.17) is 0 Å². The number of amides is 1. The van der Waals surface area contributed by atoms with Gasteiger partial charge >= 0.3 is 0 Å². The molecule has 1 amide bonds. The number of aliphatic hydroxyl groups is 1. The normalized spacial score (nSPS) is 12.3. The van der Waals surface area contributed by atoms with Gasteiger partial charge in [0, 0.05) is 19.2 Å². The van der Waals surface area contributed by atoms with E-state index >= 15 is 0 Å². The predicted molar refractivity (Wildman–Crippen MR) is 59.8 cm³/mol. The number of aryl methyl sites for hydroxylation is 1. The van der Waals surface area contributed by atoms with Crippen molar-refractivity contribution in [1.82, 2.24) is 4.90 Å². The highest BCUT2D eigenvalue weighted by molar-refractivity contribution is 5.94. The Balaban J connectivity index is 2.76. The Morgan fingerprint density at radius 1 is 1.53 bits per heavy atom. The van der Waals surface area contributed by atoms with Crippen LogP contribution in [0.2, 0.25) is 0 Å². The lowest BCUT2D eigenvalue weighted by atomic mass is 10.1. The molecule has 0 saturated heterocycles. The topological polar surface area (TPSA) is 40.5 Å². The fourth-order valence-corrected chi connectivity index (χ4v) is 1.48. The summed E-state index contributed by atoms with van der Waals surface area (Å²) in [4.78, 5) is 13.4. The summed E-state index contributed by atoms with van der Waals surface area (Å²) in [6, 6.07) is 7.44. The van der Waals surface area contributed by atoms with Crippen LogP contribution in [0.5, 0.6) is 0 Å². The zero-order valence-corrected chi connectivity index (χ0v) is 9.40. The monoisotopic (exact) mass is 207 g/mol. The number of carbonyl (C=O) groups excluding carboxylic acids is 1. The average molecular weight is 207 g/mol. The van der Waals surface area contributed by atoms with Gasteiger partial charge in [-0.15, -0.1) is 0 Å². The first-order valence-electron chi connectivity index (χ1n) is 5.01. The minimum Gasteiger partial charge on any atom is -0.392 e. The molecule has 0 spiro atoms. The van der Waals surface area contributed by atoms with E-state index in [1.807, 2.05) is 25.1 Å². The number of aliphatic hydroxyl groups excluding tert-OH is 1. The van der Waals surface area contributed by atoms with Crippen LogP contribution in [0.25, 0.3) is 0 Å². The number of nitrogens with zero attached hydrogens (tertiary/aromatic N) is 1. The molecule has 0 heterocycles. The van der Waals surface area contributed by atoms with Crippen molar-refractivity contribution in [2.75, 3.05) is 13.6 Å². The molecule has 1 N–H and O–H groups in total. The summed E-state index contributed by atoms with van der Waals surface area (Å²) in [5, 5.41) is 9.18. The van der Waals surface area contributed by atoms with Gasteiger partial charge in [0.25, 0.3) is 5.91 Å². The SMILES string of the molecule is Cc1cccc(C(=O)N(C)CC(C)O)c1. The van der Waals surface area contributed by atoms with Gasteiger partial charge in [0.2, 0.25) is 0 Å². The summed E-state index contributed by atoms with van der Waals surface area (Å²) < 4.78 is 0. The maximum absolute atomic E-state index is 11.8. The molecule has 3 heteroatoms. The minimum absolute atomic E-state index is 0.0559. The van der Waals surface area contributed by atoms with E-state index in [0.717, 1.165) is 5.56 Å². The second-order valence-corrected chi connectivity index (χ2v) is 3.90. The number of hydrogen-bond acceptors (Lipinski definition) is 2. The van der Waals surface area contributed by atoms with Gasteiger partial charge in [-0.05, 0) is 26.0 Å². The molecule has 0 aromatic heterocycles. The third-order valence-corrected chi connectivity index (χ3v) is 2.15. The molecule has 82 valence electrons. The number of benzene rings is 1. The molecule has 1 unspecified atom stereocenters. The number of hydrogen-bond donors (Lipinski definition) is 1. The van der Waals surface area contributed by atoms with Crippen LogP contribution in [0.15, 0.2) is 24.3 Å². The summed E-state index contributed by atoms with van der Waals surface area (Å²) in [5.41, 5.74) is 1.73. The Morgan fingerprint density at radius 3 is 2.73 bits per heavy atom. The van der Waals surface area contributed by atoms with Crippen molar-refractivity contribution in [3.05, 3.63) is 35.4 Å². The maximum atomic E-state index is 11.8. The van der Waals surface area contributed by atoms with Crippen molar-refractivity contribution in [2.45, 2.75) is 20.0 Å². The third-order valence-electron chi connectivity index (χ3n) is 2.15. The highest BCUT2D eigenvalue weighted by atomic mass is 16.3. The molecule has 0 bridgehead atoms. The van der Waals surface area contributed by atoms with Crippen LogP contribution in [-0.4, -0.2) is 35.6 Å². The smallest absolute Gasteiger partial charge is 0.253 e. The van der Waals surface area contributed by atoms with Gasteiger partial charge in [0.05, 0.1) is 6.10 Å². The molecular formula is C12H17NO2. The molecule has 0 aliphatic rings. The standard InChI is InChI=1S/C12H17NO2/c1-9-5-4-6-11(7-9)12(15)13(3)8-10(2)14/h4-7,10,14H,8H2,1-3H3. The Kier molecular flexibility index (Phi) is 3.86. The molecule has 15 heavy (non-hydrogen) atoms. The Morgan fingerprint density at radius 2 is 2.20 bits per heavy atom. The van der Waals surface area contributed by atoms with E-state index in [9.17, 15) is 9.90 Å². The van der Waals surface area contributed by atoms with Gasteiger partial charge in [-0.3, -0.25) is 4.79 Å². The second kappa shape index (κ2) is 4.94. The van der Waals surface area contributed by atoms with Crippen molar-refractivity contribution in [3.8, 4) is 0 Å². The van der Waals surface area contributed by atoms with Crippen molar-refractivity contribution in [3.63, 3.8) is 0 Å². The van der Waals surface area contributed by atoms with Gasteiger partial charge in [-0.1, -0.05) is 17.7 Å². The van der Waals surface area contributed by atoms with Crippen LogP contribution in [0, 0.1) is 6.92 Å². The zero-order chi connectivity index (χ0) is 11.4. The lowest BCUT2D eigenvalue weighted by molar-refractivity contribution is 0.0703. The van der Waals surface area contributed by atoms with Crippen molar-refractivity contribution >= 4 is 5.91 Å². The summed E-state index contributed by atoms with van der Waals surface area (Å²) >= 11 is 0. The molecule has 0 aliphatic heterocycles. The lowest BCUT2D eigenvalue weighted by Crippen LogP contribution is -2.33. The Labute approximate surface area is 90.3 Å². The molecule has 0 saturated carbocycles.